The molecule has 0 saturated carbocycles. The van der Waals surface area contributed by atoms with Gasteiger partial charge in [-0.2, -0.15) is 0 Å². The summed E-state index contributed by atoms with van der Waals surface area (Å²) in [4.78, 5) is 36.4. The molecule has 0 bridgehead atoms. The molecule has 5 unspecified atom stereocenters. The van der Waals surface area contributed by atoms with E-state index in [2.05, 4.69) is 17.9 Å². The van der Waals surface area contributed by atoms with E-state index >= 15 is 0 Å². The van der Waals surface area contributed by atoms with E-state index < -0.39 is 69.9 Å². The van der Waals surface area contributed by atoms with Crippen LogP contribution in [-0.4, -0.2) is 68.9 Å². The van der Waals surface area contributed by atoms with Gasteiger partial charge >= 0.3 is 17.9 Å². The fraction of sp³-hybridized carbons (Fsp3) is 0.731. The highest BCUT2D eigenvalue weighted by Crippen LogP contribution is 2.37. The number of hydrogen-bond acceptors (Lipinski definition) is 10. The van der Waals surface area contributed by atoms with Gasteiger partial charge in [-0.1, -0.05) is 19.1 Å². The molecule has 9 nitrogen and oxygen atoms in total. The zero-order valence-electron chi connectivity index (χ0n) is 23.0. The molecule has 212 valence electrons. The Balaban J connectivity index is 3.54. The molecule has 1 saturated heterocycles. The first-order valence-corrected chi connectivity index (χ1v) is 14.6. The van der Waals surface area contributed by atoms with Crippen molar-refractivity contribution in [2.75, 3.05) is 5.75 Å². The number of allylic oxidation sites excluding steroid dienone is 1. The summed E-state index contributed by atoms with van der Waals surface area (Å²) in [6.07, 6.45) is 1.98. The van der Waals surface area contributed by atoms with E-state index in [1.165, 1.54) is 32.5 Å². The fourth-order valence-electron chi connectivity index (χ4n) is 3.74. The maximum Gasteiger partial charge on any atom is 0.303 e. The smallest absolute Gasteiger partial charge is 0.303 e. The van der Waals surface area contributed by atoms with Crippen LogP contribution in [-0.2, 0) is 44.7 Å². The number of carbonyl (C=O) groups is 3. The van der Waals surface area contributed by atoms with Crippen LogP contribution >= 0.6 is 11.8 Å². The summed E-state index contributed by atoms with van der Waals surface area (Å²) in [7, 11) is 0. The number of hydrogen-bond donors (Lipinski definition) is 1. The minimum Gasteiger partial charge on any atom is -0.598 e. The van der Waals surface area contributed by atoms with Crippen molar-refractivity contribution in [2.45, 2.75) is 108 Å². The van der Waals surface area contributed by atoms with Gasteiger partial charge in [0.25, 0.3) is 0 Å². The second-order valence-corrected chi connectivity index (χ2v) is 13.2. The minimum atomic E-state index is -1.51. The van der Waals surface area contributed by atoms with Gasteiger partial charge < -0.3 is 23.5 Å². The Hall–Kier alpha value is -1.53. The van der Waals surface area contributed by atoms with E-state index in [9.17, 15) is 18.9 Å². The molecule has 0 amide bonds. The van der Waals surface area contributed by atoms with Crippen LogP contribution in [0, 0.1) is 5.92 Å². The molecule has 0 aliphatic carbocycles. The molecule has 11 heteroatoms. The van der Waals surface area contributed by atoms with Gasteiger partial charge in [0.15, 0.2) is 18.3 Å². The summed E-state index contributed by atoms with van der Waals surface area (Å²) in [6, 6.07) is -0.637. The SMILES string of the molecule is C=CCCCCSC1OC([C@H](N[S@+]([O-])C(C)(C)C)[C@H](C)C=C)C(OC(C)=O)C(OC(C)=O)C1OC(C)=O. The monoisotopic (exact) mass is 561 g/mol. The molecule has 1 aliphatic rings. The Morgan fingerprint density at radius 3 is 2.05 bits per heavy atom. The summed E-state index contributed by atoms with van der Waals surface area (Å²) in [5.74, 6) is -1.46. The van der Waals surface area contributed by atoms with E-state index in [0.717, 1.165) is 19.3 Å². The predicted molar refractivity (Wildman–Crippen MR) is 146 cm³/mol. The van der Waals surface area contributed by atoms with Gasteiger partial charge in [0.2, 0.25) is 0 Å². The molecule has 1 aliphatic heterocycles. The molecular formula is C26H43NO8S2. The van der Waals surface area contributed by atoms with Crippen molar-refractivity contribution in [1.82, 2.24) is 4.72 Å². The quantitative estimate of drug-likeness (QED) is 0.110. The average Bonchev–Trinajstić information content (AvgIpc) is 2.78. The number of thioether (sulfide) groups is 1. The third-order valence-corrected chi connectivity index (χ3v) is 8.44. The third-order valence-electron chi connectivity index (χ3n) is 5.61. The molecule has 0 aromatic heterocycles. The van der Waals surface area contributed by atoms with Crippen molar-refractivity contribution in [1.29, 1.82) is 0 Å². The number of ether oxygens (including phenoxy) is 4. The van der Waals surface area contributed by atoms with Crippen molar-refractivity contribution in [3.8, 4) is 0 Å². The van der Waals surface area contributed by atoms with Crippen LogP contribution in [0.5, 0.6) is 0 Å². The topological polar surface area (TPSA) is 123 Å². The highest BCUT2D eigenvalue weighted by Gasteiger charge is 2.55. The molecule has 1 rings (SSSR count). The van der Waals surface area contributed by atoms with Crippen molar-refractivity contribution in [3.63, 3.8) is 0 Å². The predicted octanol–water partition coefficient (Wildman–Crippen LogP) is 3.84. The van der Waals surface area contributed by atoms with Crippen molar-refractivity contribution >= 4 is 41.0 Å². The molecule has 0 aromatic carbocycles. The first-order valence-electron chi connectivity index (χ1n) is 12.4. The van der Waals surface area contributed by atoms with Crippen LogP contribution in [0.2, 0.25) is 0 Å². The molecule has 37 heavy (non-hydrogen) atoms. The number of rotatable bonds is 14. The van der Waals surface area contributed by atoms with Crippen LogP contribution in [0.1, 0.15) is 67.7 Å². The Kier molecular flexibility index (Phi) is 14.3. The minimum absolute atomic E-state index is 0.282. The number of unbranched alkanes of at least 4 members (excludes halogenated alkanes) is 2. The Labute approximate surface area is 228 Å². The summed E-state index contributed by atoms with van der Waals surface area (Å²) in [5.41, 5.74) is -0.738. The van der Waals surface area contributed by atoms with E-state index in [4.69, 9.17) is 18.9 Å². The maximum atomic E-state index is 13.1. The van der Waals surface area contributed by atoms with E-state index in [1.54, 1.807) is 6.08 Å². The van der Waals surface area contributed by atoms with Crippen molar-refractivity contribution < 1.29 is 37.9 Å². The molecule has 1 heterocycles. The molecule has 1 fully saturated rings. The van der Waals surface area contributed by atoms with Gasteiger partial charge in [-0.05, 0) is 51.7 Å². The lowest BCUT2D eigenvalue weighted by Gasteiger charge is -2.47. The number of carbonyl (C=O) groups excluding carboxylic acids is 3. The van der Waals surface area contributed by atoms with Crippen LogP contribution < -0.4 is 4.72 Å². The summed E-state index contributed by atoms with van der Waals surface area (Å²) in [6.45, 7) is 18.7. The van der Waals surface area contributed by atoms with Crippen molar-refractivity contribution in [3.05, 3.63) is 25.3 Å². The Morgan fingerprint density at radius 1 is 1.03 bits per heavy atom. The Morgan fingerprint density at radius 2 is 1.57 bits per heavy atom. The van der Waals surface area contributed by atoms with Crippen LogP contribution in [0.4, 0.5) is 0 Å². The molecular weight excluding hydrogens is 518 g/mol. The fourth-order valence-corrected chi connectivity index (χ4v) is 5.90. The number of esters is 3. The normalized spacial score (nSPS) is 26.3. The van der Waals surface area contributed by atoms with Crippen LogP contribution in [0.15, 0.2) is 25.3 Å². The molecule has 0 aromatic rings. The summed E-state index contributed by atoms with van der Waals surface area (Å²) < 4.78 is 39.0. The molecule has 1 N–H and O–H groups in total. The van der Waals surface area contributed by atoms with Gasteiger partial charge in [0.1, 0.15) is 16.3 Å². The highest BCUT2D eigenvalue weighted by atomic mass is 32.2. The van der Waals surface area contributed by atoms with Gasteiger partial charge in [0.05, 0.1) is 6.04 Å². The van der Waals surface area contributed by atoms with Gasteiger partial charge in [0, 0.05) is 32.1 Å². The van der Waals surface area contributed by atoms with E-state index in [1.807, 2.05) is 33.8 Å². The van der Waals surface area contributed by atoms with Gasteiger partial charge in [-0.25, -0.2) is 0 Å². The zero-order chi connectivity index (χ0) is 28.3. The average molecular weight is 562 g/mol. The maximum absolute atomic E-state index is 13.1. The second kappa shape index (κ2) is 15.8. The third kappa shape index (κ3) is 11.0. The van der Waals surface area contributed by atoms with Gasteiger partial charge in [-0.15, -0.1) is 29.6 Å². The lowest BCUT2D eigenvalue weighted by Crippen LogP contribution is -2.66. The standard InChI is InChI=1S/C26H43NO8S2/c1-10-12-13-14-15-36-25-24(34-19(6)30)23(33-18(5)29)22(32-17(4)28)21(35-25)20(16(3)11-2)27-37(31)26(7,8)9/h10-11,16,20-25,27H,1-2,12-15H2,3-9H3/t16-,20-,21?,22?,23?,24?,25?,37-/m1/s1. The summed E-state index contributed by atoms with van der Waals surface area (Å²) >= 11 is -0.0871. The zero-order valence-corrected chi connectivity index (χ0v) is 24.7. The van der Waals surface area contributed by atoms with Gasteiger partial charge in [-0.3, -0.25) is 14.4 Å². The highest BCUT2D eigenvalue weighted by molar-refractivity contribution is 7.99. The first-order chi connectivity index (χ1) is 17.2. The van der Waals surface area contributed by atoms with E-state index in [0.29, 0.717) is 5.75 Å². The molecule has 0 spiro atoms. The largest absolute Gasteiger partial charge is 0.598 e. The lowest BCUT2D eigenvalue weighted by atomic mass is 9.88. The second-order valence-electron chi connectivity index (χ2n) is 9.97. The molecule has 0 radical (unpaired) electrons. The van der Waals surface area contributed by atoms with Crippen molar-refractivity contribution in [2.24, 2.45) is 5.92 Å². The molecule has 8 atom stereocenters. The Bertz CT molecular complexity index is 787. The van der Waals surface area contributed by atoms with E-state index in [-0.39, 0.29) is 5.92 Å². The van der Waals surface area contributed by atoms with Crippen LogP contribution in [0.25, 0.3) is 0 Å². The van der Waals surface area contributed by atoms with Crippen LogP contribution in [0.3, 0.4) is 0 Å². The first kappa shape index (κ1) is 33.5. The number of nitrogens with one attached hydrogen (secondary N) is 1. The summed E-state index contributed by atoms with van der Waals surface area (Å²) in [5, 5.41) is 0. The lowest BCUT2D eigenvalue weighted by molar-refractivity contribution is -0.236.